The first-order valence-corrected chi connectivity index (χ1v) is 6.81. The van der Waals surface area contributed by atoms with Crippen molar-refractivity contribution in [3.63, 3.8) is 0 Å². The standard InChI is InChI=1S/C13H14N2O2S/c1-7-5-9(8(2)15(7)10-3-4-10)6-11-12(16)14-13(17)18-11/h5-6,10H,3-4H2,1-2H3,(H,14,16,17)/b11-6-. The Kier molecular flexibility index (Phi) is 2.59. The Morgan fingerprint density at radius 3 is 2.67 bits per heavy atom. The van der Waals surface area contributed by atoms with Gasteiger partial charge in [0.05, 0.1) is 4.91 Å². The summed E-state index contributed by atoms with van der Waals surface area (Å²) in [6.45, 7) is 4.15. The van der Waals surface area contributed by atoms with Crippen molar-refractivity contribution in [1.82, 2.24) is 9.88 Å². The fourth-order valence-corrected chi connectivity index (χ4v) is 3.08. The van der Waals surface area contributed by atoms with Crippen LogP contribution < -0.4 is 5.32 Å². The number of aryl methyl sites for hydroxylation is 1. The van der Waals surface area contributed by atoms with E-state index >= 15 is 0 Å². The first-order valence-electron chi connectivity index (χ1n) is 5.99. The maximum Gasteiger partial charge on any atom is 0.290 e. The third-order valence-electron chi connectivity index (χ3n) is 3.36. The Morgan fingerprint density at radius 1 is 1.39 bits per heavy atom. The molecule has 0 radical (unpaired) electrons. The maximum atomic E-state index is 11.5. The van der Waals surface area contributed by atoms with Crippen molar-refractivity contribution < 1.29 is 9.59 Å². The molecule has 18 heavy (non-hydrogen) atoms. The van der Waals surface area contributed by atoms with Crippen molar-refractivity contribution in [1.29, 1.82) is 0 Å². The Labute approximate surface area is 109 Å². The molecule has 1 aromatic heterocycles. The van der Waals surface area contributed by atoms with Gasteiger partial charge in [0.1, 0.15) is 0 Å². The minimum absolute atomic E-state index is 0.290. The third-order valence-corrected chi connectivity index (χ3v) is 4.17. The molecule has 0 bridgehead atoms. The van der Waals surface area contributed by atoms with Crippen molar-refractivity contribution in [2.24, 2.45) is 0 Å². The summed E-state index contributed by atoms with van der Waals surface area (Å²) in [6, 6.07) is 2.71. The molecule has 1 saturated heterocycles. The number of thioether (sulfide) groups is 1. The second-order valence-corrected chi connectivity index (χ2v) is 5.79. The van der Waals surface area contributed by atoms with Gasteiger partial charge >= 0.3 is 0 Å². The van der Waals surface area contributed by atoms with Crippen molar-refractivity contribution in [3.8, 4) is 0 Å². The van der Waals surface area contributed by atoms with Gasteiger partial charge in [0.25, 0.3) is 11.1 Å². The number of nitrogens with one attached hydrogen (secondary N) is 1. The zero-order valence-corrected chi connectivity index (χ0v) is 11.1. The molecule has 2 heterocycles. The SMILES string of the molecule is Cc1cc(/C=C2\SC(=O)NC2=O)c(C)n1C1CC1. The number of carbonyl (C=O) groups is 2. The zero-order chi connectivity index (χ0) is 12.9. The summed E-state index contributed by atoms with van der Waals surface area (Å²) >= 11 is 0.969. The number of nitrogens with zero attached hydrogens (tertiary/aromatic N) is 1. The van der Waals surface area contributed by atoms with Gasteiger partial charge in [-0.15, -0.1) is 0 Å². The number of rotatable bonds is 2. The number of amides is 2. The van der Waals surface area contributed by atoms with Crippen LogP contribution >= 0.6 is 11.8 Å². The fourth-order valence-electron chi connectivity index (χ4n) is 2.41. The summed E-state index contributed by atoms with van der Waals surface area (Å²) < 4.78 is 2.33. The van der Waals surface area contributed by atoms with Crippen molar-refractivity contribution in [2.75, 3.05) is 0 Å². The molecular weight excluding hydrogens is 248 g/mol. The molecule has 2 amide bonds. The molecule has 0 unspecified atom stereocenters. The first-order chi connectivity index (χ1) is 8.56. The highest BCUT2D eigenvalue weighted by Gasteiger charge is 2.28. The van der Waals surface area contributed by atoms with Gasteiger partial charge in [0.15, 0.2) is 0 Å². The number of aromatic nitrogens is 1. The summed E-state index contributed by atoms with van der Waals surface area (Å²) in [5, 5.41) is 1.98. The largest absolute Gasteiger partial charge is 0.346 e. The second kappa shape index (κ2) is 4.02. The molecule has 1 saturated carbocycles. The third kappa shape index (κ3) is 1.88. The van der Waals surface area contributed by atoms with Crippen LogP contribution in [0.3, 0.4) is 0 Å². The normalized spacial score (nSPS) is 21.8. The van der Waals surface area contributed by atoms with Crippen LogP contribution in [0.1, 0.15) is 35.8 Å². The lowest BCUT2D eigenvalue weighted by molar-refractivity contribution is -0.115. The predicted molar refractivity (Wildman–Crippen MR) is 71.3 cm³/mol. The van der Waals surface area contributed by atoms with Gasteiger partial charge in [-0.05, 0) is 56.2 Å². The molecule has 0 atom stereocenters. The van der Waals surface area contributed by atoms with Gasteiger partial charge in [-0.1, -0.05) is 0 Å². The number of hydrogen-bond donors (Lipinski definition) is 1. The Balaban J connectivity index is 1.98. The van der Waals surface area contributed by atoms with Crippen LogP contribution in [0.5, 0.6) is 0 Å². The van der Waals surface area contributed by atoms with Gasteiger partial charge in [0, 0.05) is 17.4 Å². The van der Waals surface area contributed by atoms with Crippen LogP contribution in [0, 0.1) is 13.8 Å². The summed E-state index contributed by atoms with van der Waals surface area (Å²) in [5.41, 5.74) is 3.43. The quantitative estimate of drug-likeness (QED) is 0.834. The Morgan fingerprint density at radius 2 is 2.11 bits per heavy atom. The van der Waals surface area contributed by atoms with Crippen LogP contribution in [-0.4, -0.2) is 15.7 Å². The first kappa shape index (κ1) is 11.6. The Bertz CT molecular complexity index is 582. The molecule has 2 fully saturated rings. The van der Waals surface area contributed by atoms with E-state index in [1.54, 1.807) is 0 Å². The van der Waals surface area contributed by atoms with Gasteiger partial charge in [0.2, 0.25) is 0 Å². The van der Waals surface area contributed by atoms with E-state index in [4.69, 9.17) is 0 Å². The number of hydrogen-bond acceptors (Lipinski definition) is 3. The molecule has 1 aliphatic carbocycles. The highest BCUT2D eigenvalue weighted by atomic mass is 32.2. The smallest absolute Gasteiger partial charge is 0.290 e. The van der Waals surface area contributed by atoms with E-state index in [2.05, 4.69) is 29.8 Å². The number of carbonyl (C=O) groups excluding carboxylic acids is 2. The van der Waals surface area contributed by atoms with E-state index in [9.17, 15) is 9.59 Å². The molecule has 0 aromatic carbocycles. The van der Waals surface area contributed by atoms with Crippen LogP contribution in [0.2, 0.25) is 0 Å². The average molecular weight is 262 g/mol. The second-order valence-electron chi connectivity index (χ2n) is 4.78. The summed E-state index contributed by atoms with van der Waals surface area (Å²) in [4.78, 5) is 23.1. The summed E-state index contributed by atoms with van der Waals surface area (Å²) in [6.07, 6.45) is 4.28. The zero-order valence-electron chi connectivity index (χ0n) is 10.3. The van der Waals surface area contributed by atoms with E-state index in [1.807, 2.05) is 6.08 Å². The molecule has 3 rings (SSSR count). The van der Waals surface area contributed by atoms with Gasteiger partial charge in [-0.3, -0.25) is 14.9 Å². The van der Waals surface area contributed by atoms with Gasteiger partial charge < -0.3 is 4.57 Å². The van der Waals surface area contributed by atoms with Crippen molar-refractivity contribution in [3.05, 3.63) is 27.9 Å². The molecule has 2 aliphatic rings. The molecule has 1 N–H and O–H groups in total. The molecule has 5 heteroatoms. The molecule has 94 valence electrons. The lowest BCUT2D eigenvalue weighted by atomic mass is 10.2. The van der Waals surface area contributed by atoms with Crippen molar-refractivity contribution >= 4 is 29.0 Å². The lowest BCUT2D eigenvalue weighted by Gasteiger charge is -2.06. The average Bonchev–Trinajstić information content (AvgIpc) is 3.00. The molecule has 1 aromatic rings. The van der Waals surface area contributed by atoms with Crippen LogP contribution in [0.4, 0.5) is 4.79 Å². The van der Waals surface area contributed by atoms with Crippen LogP contribution in [0.25, 0.3) is 6.08 Å². The monoisotopic (exact) mass is 262 g/mol. The topological polar surface area (TPSA) is 51.1 Å². The predicted octanol–water partition coefficient (Wildman–Crippen LogP) is 2.76. The molecule has 4 nitrogen and oxygen atoms in total. The summed E-state index contributed by atoms with van der Waals surface area (Å²) in [7, 11) is 0. The minimum Gasteiger partial charge on any atom is -0.346 e. The molecular formula is C13H14N2O2S. The van der Waals surface area contributed by atoms with Crippen LogP contribution in [-0.2, 0) is 4.79 Å². The van der Waals surface area contributed by atoms with Gasteiger partial charge in [-0.2, -0.15) is 0 Å². The highest BCUT2D eigenvalue weighted by molar-refractivity contribution is 8.18. The maximum absolute atomic E-state index is 11.5. The molecule has 1 aliphatic heterocycles. The molecule has 0 spiro atoms. The highest BCUT2D eigenvalue weighted by Crippen LogP contribution is 2.39. The van der Waals surface area contributed by atoms with Gasteiger partial charge in [-0.25, -0.2) is 0 Å². The summed E-state index contributed by atoms with van der Waals surface area (Å²) in [5.74, 6) is -0.291. The van der Waals surface area contributed by atoms with E-state index in [-0.39, 0.29) is 11.1 Å². The minimum atomic E-state index is -0.291. The Hall–Kier alpha value is -1.49. The lowest BCUT2D eigenvalue weighted by Crippen LogP contribution is -2.17. The van der Waals surface area contributed by atoms with E-state index in [1.165, 1.54) is 24.2 Å². The van der Waals surface area contributed by atoms with E-state index in [0.29, 0.717) is 10.9 Å². The fraction of sp³-hybridized carbons (Fsp3) is 0.385. The number of imide groups is 1. The van der Waals surface area contributed by atoms with Crippen molar-refractivity contribution in [2.45, 2.75) is 32.7 Å². The van der Waals surface area contributed by atoms with Crippen LogP contribution in [0.15, 0.2) is 11.0 Å². The van der Waals surface area contributed by atoms with E-state index < -0.39 is 0 Å². The van der Waals surface area contributed by atoms with E-state index in [0.717, 1.165) is 17.3 Å².